The molecule has 5 aromatic rings. The van der Waals surface area contributed by atoms with E-state index in [4.69, 9.17) is 0 Å². The number of rotatable bonds is 6. The molecule has 1 amide bonds. The van der Waals surface area contributed by atoms with Crippen molar-refractivity contribution in [2.45, 2.75) is 38.8 Å². The van der Waals surface area contributed by atoms with Gasteiger partial charge in [-0.3, -0.25) is 9.39 Å². The van der Waals surface area contributed by atoms with Crippen molar-refractivity contribution >= 4 is 30.6 Å². The van der Waals surface area contributed by atoms with Gasteiger partial charge in [0.15, 0.2) is 0 Å². The van der Waals surface area contributed by atoms with Crippen LogP contribution in [0.3, 0.4) is 0 Å². The summed E-state index contributed by atoms with van der Waals surface area (Å²) in [5, 5.41) is 9.13. The summed E-state index contributed by atoms with van der Waals surface area (Å²) in [5.74, 6) is 2.36. The molecule has 0 bridgehead atoms. The molecule has 1 saturated heterocycles. The first-order valence-electron chi connectivity index (χ1n) is 16.4. The van der Waals surface area contributed by atoms with Gasteiger partial charge in [-0.1, -0.05) is 59.8 Å². The predicted molar refractivity (Wildman–Crippen MR) is 184 cm³/mol. The SMILES string of the molecule is CC1C(=O)[N+]1(C)c1ccc(C2=C3C=CC(=[N+]4CCc5ccccc5C4)N3[B]n3c2ccc3-n2cc(CCc3ccccc3)nn2)cc1. The fraction of sp³-hybridized carbons (Fsp3) is 0.211. The van der Waals surface area contributed by atoms with E-state index < -0.39 is 0 Å². The molecule has 2 unspecified atom stereocenters. The third kappa shape index (κ3) is 4.48. The zero-order valence-electron chi connectivity index (χ0n) is 26.6. The van der Waals surface area contributed by atoms with Crippen molar-refractivity contribution < 1.29 is 9.37 Å². The molecule has 2 aromatic heterocycles. The average Bonchev–Trinajstić information content (AvgIpc) is 3.69. The number of hydrogen-bond donors (Lipinski definition) is 0. The molecule has 2 atom stereocenters. The Kier molecular flexibility index (Phi) is 6.33. The van der Waals surface area contributed by atoms with Crippen LogP contribution in [0.1, 0.15) is 40.6 Å². The standard InChI is InChI=1S/C38H35BN7O/c1-26-38(47)46(26,2)32-16-13-29(14-17-32)37-33-18-20-35(42-23-22-28-10-6-7-11-30(28)24-42)44(33)39-45-34(37)19-21-36(45)43-25-31(40-41-43)15-12-27-8-4-3-5-9-27/h3-11,13-14,16-21,25-26H,12,15,22-24H2,1-2H3/q+2. The summed E-state index contributed by atoms with van der Waals surface area (Å²) in [4.78, 5) is 14.8. The number of nitrogens with zero attached hydrogens (tertiary/aromatic N) is 7. The first-order valence-corrected chi connectivity index (χ1v) is 16.4. The van der Waals surface area contributed by atoms with Gasteiger partial charge in [-0.05, 0) is 65.4 Å². The van der Waals surface area contributed by atoms with E-state index in [9.17, 15) is 4.79 Å². The fourth-order valence-corrected chi connectivity index (χ4v) is 7.45. The number of carbonyl (C=O) groups excluding carboxylic acids is 1. The van der Waals surface area contributed by atoms with Crippen molar-refractivity contribution in [3.05, 3.63) is 149 Å². The number of quaternary nitrogens is 1. The quantitative estimate of drug-likeness (QED) is 0.118. The molecule has 229 valence electrons. The van der Waals surface area contributed by atoms with Gasteiger partial charge in [0.05, 0.1) is 25.5 Å². The molecule has 4 aliphatic rings. The van der Waals surface area contributed by atoms with Crippen molar-refractivity contribution in [1.82, 2.24) is 28.8 Å². The van der Waals surface area contributed by atoms with Crippen molar-refractivity contribution in [2.75, 3.05) is 13.6 Å². The van der Waals surface area contributed by atoms with Crippen LogP contribution in [-0.4, -0.2) is 67.8 Å². The Morgan fingerprint density at radius 2 is 1.68 bits per heavy atom. The Balaban J connectivity index is 1.11. The van der Waals surface area contributed by atoms with Crippen LogP contribution in [0.25, 0.3) is 11.4 Å². The largest absolute Gasteiger partial charge is 0.553 e. The van der Waals surface area contributed by atoms with E-state index in [1.165, 1.54) is 16.7 Å². The van der Waals surface area contributed by atoms with Crippen LogP contribution >= 0.6 is 0 Å². The van der Waals surface area contributed by atoms with Gasteiger partial charge in [0, 0.05) is 42.8 Å². The number of benzene rings is 3. The summed E-state index contributed by atoms with van der Waals surface area (Å²) < 4.78 is 6.97. The minimum atomic E-state index is 0.00676. The van der Waals surface area contributed by atoms with Crippen LogP contribution in [0, 0.1) is 0 Å². The lowest BCUT2D eigenvalue weighted by atomic mass is 9.91. The molecule has 8 nitrogen and oxygen atoms in total. The Hall–Kier alpha value is -5.28. The maximum Gasteiger partial charge on any atom is 0.553 e. The smallest absolute Gasteiger partial charge is 0.329 e. The zero-order chi connectivity index (χ0) is 31.7. The molecule has 1 radical (unpaired) electrons. The average molecular weight is 617 g/mol. The predicted octanol–water partition coefficient (Wildman–Crippen LogP) is 4.91. The number of hydrogen-bond acceptors (Lipinski definition) is 3. The van der Waals surface area contributed by atoms with E-state index in [0.717, 1.165) is 77.9 Å². The van der Waals surface area contributed by atoms with Crippen molar-refractivity contribution in [3.63, 3.8) is 0 Å². The topological polar surface area (TPSA) is 59.0 Å². The monoisotopic (exact) mass is 616 g/mol. The van der Waals surface area contributed by atoms with Crippen molar-refractivity contribution in [3.8, 4) is 5.82 Å². The highest BCUT2D eigenvalue weighted by Crippen LogP contribution is 2.41. The molecular weight excluding hydrogens is 581 g/mol. The number of aryl methyl sites for hydroxylation is 2. The summed E-state index contributed by atoms with van der Waals surface area (Å²) >= 11 is 0. The Morgan fingerprint density at radius 1 is 0.915 bits per heavy atom. The molecule has 0 spiro atoms. The summed E-state index contributed by atoms with van der Waals surface area (Å²) in [6.07, 6.45) is 9.31. The van der Waals surface area contributed by atoms with Crippen LogP contribution in [0.4, 0.5) is 5.69 Å². The number of amides is 1. The zero-order valence-corrected chi connectivity index (χ0v) is 26.6. The summed E-state index contributed by atoms with van der Waals surface area (Å²) in [7, 11) is 4.20. The van der Waals surface area contributed by atoms with Crippen LogP contribution in [0.15, 0.2) is 115 Å². The maximum atomic E-state index is 12.5. The van der Waals surface area contributed by atoms with E-state index >= 15 is 0 Å². The number of carbonyl (C=O) groups is 1. The Labute approximate surface area is 275 Å². The molecule has 4 aliphatic heterocycles. The number of allylic oxidation sites excluding steroid dienone is 1. The molecule has 1 fully saturated rings. The van der Waals surface area contributed by atoms with Gasteiger partial charge in [-0.25, -0.2) is 14.0 Å². The van der Waals surface area contributed by atoms with E-state index in [1.807, 2.05) is 30.9 Å². The molecule has 9 rings (SSSR count). The lowest BCUT2D eigenvalue weighted by Gasteiger charge is -2.27. The van der Waals surface area contributed by atoms with Gasteiger partial charge in [0.1, 0.15) is 23.7 Å². The summed E-state index contributed by atoms with van der Waals surface area (Å²) in [6.45, 7) is 3.83. The Bertz CT molecular complexity index is 2160. The normalized spacial score (nSPS) is 22.6. The number of fused-ring (bicyclic) bond motifs is 3. The van der Waals surface area contributed by atoms with Gasteiger partial charge in [0.25, 0.3) is 5.84 Å². The highest BCUT2D eigenvalue weighted by atomic mass is 16.2. The van der Waals surface area contributed by atoms with Crippen molar-refractivity contribution in [2.24, 2.45) is 0 Å². The summed E-state index contributed by atoms with van der Waals surface area (Å²) in [6, 6.07) is 32.2. The molecule has 6 heterocycles. The van der Waals surface area contributed by atoms with Crippen LogP contribution in [0.2, 0.25) is 0 Å². The highest BCUT2D eigenvalue weighted by molar-refractivity contribution is 6.40. The second kappa shape index (κ2) is 10.6. The molecular formula is C38H35BN7O+2. The molecule has 47 heavy (non-hydrogen) atoms. The molecule has 9 heteroatoms. The number of amidine groups is 1. The second-order valence-corrected chi connectivity index (χ2v) is 13.1. The van der Waals surface area contributed by atoms with Gasteiger partial charge >= 0.3 is 13.5 Å². The second-order valence-electron chi connectivity index (χ2n) is 13.1. The number of aromatic nitrogens is 4. The highest BCUT2D eigenvalue weighted by Gasteiger charge is 2.63. The fourth-order valence-electron chi connectivity index (χ4n) is 7.45. The van der Waals surface area contributed by atoms with Gasteiger partial charge in [-0.2, -0.15) is 0 Å². The molecule has 0 N–H and O–H groups in total. The molecule has 0 saturated carbocycles. The van der Waals surface area contributed by atoms with E-state index in [-0.39, 0.29) is 11.9 Å². The molecule has 3 aromatic carbocycles. The minimum absolute atomic E-state index is 0.00676. The third-order valence-electron chi connectivity index (χ3n) is 10.5. The van der Waals surface area contributed by atoms with Crippen LogP contribution in [-0.2, 0) is 30.6 Å². The third-order valence-corrected chi connectivity index (χ3v) is 10.5. The van der Waals surface area contributed by atoms with Crippen molar-refractivity contribution in [1.29, 1.82) is 0 Å². The first kappa shape index (κ1) is 28.0. The lowest BCUT2D eigenvalue weighted by molar-refractivity contribution is -0.550. The van der Waals surface area contributed by atoms with E-state index in [0.29, 0.717) is 4.48 Å². The maximum absolute atomic E-state index is 12.5. The lowest BCUT2D eigenvalue weighted by Crippen LogP contribution is -2.43. The van der Waals surface area contributed by atoms with E-state index in [2.05, 4.69) is 129 Å². The van der Waals surface area contributed by atoms with Gasteiger partial charge < -0.3 is 4.48 Å². The molecule has 0 aliphatic carbocycles. The Morgan fingerprint density at radius 3 is 2.47 bits per heavy atom. The van der Waals surface area contributed by atoms with Gasteiger partial charge in [0.2, 0.25) is 6.04 Å². The van der Waals surface area contributed by atoms with Gasteiger partial charge in [-0.15, -0.1) is 5.10 Å². The minimum Gasteiger partial charge on any atom is -0.329 e. The van der Waals surface area contributed by atoms with E-state index in [1.54, 1.807) is 0 Å². The number of likely N-dealkylation sites (N-methyl/N-ethyl adjacent to an activating group) is 1. The summed E-state index contributed by atoms with van der Waals surface area (Å²) in [5.41, 5.74) is 10.6. The van der Waals surface area contributed by atoms with Crippen LogP contribution < -0.4 is 4.48 Å². The van der Waals surface area contributed by atoms with Crippen LogP contribution in [0.5, 0.6) is 0 Å². The first-order chi connectivity index (χ1) is 23.0.